The van der Waals surface area contributed by atoms with E-state index in [2.05, 4.69) is 84.2 Å². The lowest BCUT2D eigenvalue weighted by atomic mass is 10.0. The first-order chi connectivity index (χ1) is 21.7. The first-order valence-corrected chi connectivity index (χ1v) is 15.2. The fraction of sp³-hybridized carbons (Fsp3) is 0. The molecule has 0 saturated heterocycles. The molecule has 0 saturated carbocycles. The van der Waals surface area contributed by atoms with Gasteiger partial charge in [0.05, 0.1) is 22.8 Å². The molecule has 0 unspecified atom stereocenters. The van der Waals surface area contributed by atoms with Gasteiger partial charge >= 0.3 is 0 Å². The summed E-state index contributed by atoms with van der Waals surface area (Å²) in [5.74, 6) is 0.647. The Morgan fingerprint density at radius 2 is 1.32 bits per heavy atom. The molecule has 0 fully saturated rings. The average molecular weight is 581 g/mol. The number of nitrogens with one attached hydrogen (secondary N) is 1. The maximum atomic E-state index is 9.28. The van der Waals surface area contributed by atoms with Gasteiger partial charge in [-0.1, -0.05) is 91.0 Å². The van der Waals surface area contributed by atoms with Crippen LogP contribution in [0.2, 0.25) is 0 Å². The van der Waals surface area contributed by atoms with E-state index in [4.69, 9.17) is 9.97 Å². The Hall–Kier alpha value is -5.83. The predicted octanol–water partition coefficient (Wildman–Crippen LogP) is 10.6. The lowest BCUT2D eigenvalue weighted by molar-refractivity contribution is 1.23. The van der Waals surface area contributed by atoms with E-state index in [9.17, 15) is 5.26 Å². The summed E-state index contributed by atoms with van der Waals surface area (Å²) < 4.78 is 2.55. The molecule has 8 rings (SSSR count). The summed E-state index contributed by atoms with van der Waals surface area (Å²) in [7, 11) is 0. The largest absolute Gasteiger partial charge is 0.355 e. The Kier molecular flexibility index (Phi) is 6.33. The number of fused-ring (bicyclic) bond motifs is 4. The van der Waals surface area contributed by atoms with Crippen LogP contribution in [-0.2, 0) is 0 Å². The van der Waals surface area contributed by atoms with Crippen LogP contribution in [0, 0.1) is 11.3 Å². The average Bonchev–Trinajstić information content (AvgIpc) is 3.45. The van der Waals surface area contributed by atoms with Crippen LogP contribution in [0.3, 0.4) is 0 Å². The normalized spacial score (nSPS) is 11.2. The quantitative estimate of drug-likeness (QED) is 0.220. The minimum absolute atomic E-state index is 0.620. The minimum atomic E-state index is 0.620. The monoisotopic (exact) mass is 580 g/mol. The summed E-state index contributed by atoms with van der Waals surface area (Å²) in [6.45, 7) is 0. The van der Waals surface area contributed by atoms with E-state index >= 15 is 0 Å². The van der Waals surface area contributed by atoms with E-state index < -0.39 is 0 Å². The Labute approximate surface area is 258 Å². The number of para-hydroxylation sites is 1. The van der Waals surface area contributed by atoms with Gasteiger partial charge in [0.15, 0.2) is 5.82 Å². The fourth-order valence-electron chi connectivity index (χ4n) is 5.75. The van der Waals surface area contributed by atoms with Crippen LogP contribution in [0.4, 0.5) is 11.4 Å². The molecule has 2 aromatic heterocycles. The Bertz CT molecular complexity index is 2370. The van der Waals surface area contributed by atoms with Crippen LogP contribution in [0.25, 0.3) is 64.8 Å². The van der Waals surface area contributed by atoms with E-state index in [0.29, 0.717) is 11.4 Å². The van der Waals surface area contributed by atoms with Crippen LogP contribution in [0.1, 0.15) is 5.56 Å². The molecular formula is C39H24N4S. The molecule has 4 nitrogen and oxygen atoms in total. The van der Waals surface area contributed by atoms with Gasteiger partial charge < -0.3 is 5.32 Å². The molecule has 1 N–H and O–H groups in total. The molecule has 0 aliphatic rings. The Morgan fingerprint density at radius 3 is 2.16 bits per heavy atom. The molecular weight excluding hydrogens is 557 g/mol. The third-order valence-corrected chi connectivity index (χ3v) is 9.03. The van der Waals surface area contributed by atoms with Gasteiger partial charge in [0, 0.05) is 53.6 Å². The lowest BCUT2D eigenvalue weighted by Gasteiger charge is -2.15. The zero-order valence-corrected chi connectivity index (χ0v) is 24.3. The summed E-state index contributed by atoms with van der Waals surface area (Å²) in [5.41, 5.74) is 8.51. The molecule has 6 aromatic carbocycles. The number of nitriles is 1. The number of hydrogen-bond donors (Lipinski definition) is 1. The minimum Gasteiger partial charge on any atom is -0.355 e. The van der Waals surface area contributed by atoms with Crippen molar-refractivity contribution in [3.8, 4) is 39.8 Å². The van der Waals surface area contributed by atoms with Gasteiger partial charge in [-0.3, -0.25) is 0 Å². The Balaban J connectivity index is 1.24. The smallest absolute Gasteiger partial charge is 0.160 e. The highest BCUT2D eigenvalue weighted by atomic mass is 32.1. The SMILES string of the molecule is N#Cc1ccc(-c2nc(-c3cccc(Nc4cc5c(cc4-c4ccccc4)sc4ccccc45)c3)nc3ccccc23)cc1. The lowest BCUT2D eigenvalue weighted by Crippen LogP contribution is -1.97. The van der Waals surface area contributed by atoms with Gasteiger partial charge in [-0.15, -0.1) is 11.3 Å². The summed E-state index contributed by atoms with van der Waals surface area (Å²) in [4.78, 5) is 10.0. The second kappa shape index (κ2) is 10.8. The van der Waals surface area contributed by atoms with Crippen molar-refractivity contribution in [2.45, 2.75) is 0 Å². The van der Waals surface area contributed by atoms with E-state index in [1.54, 1.807) is 0 Å². The molecule has 0 spiro atoms. The van der Waals surface area contributed by atoms with Gasteiger partial charge in [0.2, 0.25) is 0 Å². The highest BCUT2D eigenvalue weighted by molar-refractivity contribution is 7.25. The van der Waals surface area contributed by atoms with Crippen molar-refractivity contribution >= 4 is 53.8 Å². The number of hydrogen-bond acceptors (Lipinski definition) is 5. The van der Waals surface area contributed by atoms with Crippen molar-refractivity contribution in [2.75, 3.05) is 5.32 Å². The molecule has 0 radical (unpaired) electrons. The summed E-state index contributed by atoms with van der Waals surface area (Å²) in [6, 6.07) is 49.8. The van der Waals surface area contributed by atoms with Crippen molar-refractivity contribution in [1.29, 1.82) is 5.26 Å². The molecule has 0 atom stereocenters. The van der Waals surface area contributed by atoms with Gasteiger partial charge in [0.25, 0.3) is 0 Å². The van der Waals surface area contributed by atoms with Crippen LogP contribution in [0.15, 0.2) is 140 Å². The standard InChI is InChI=1S/C39H24N4S/c40-24-25-17-19-27(20-18-25)38-31-14-4-6-15-34(31)42-39(43-38)28-11-8-12-29(21-28)41-35-22-33-30-13-5-7-16-36(30)44-37(33)23-32(35)26-9-2-1-3-10-26/h1-23,41H. The van der Waals surface area contributed by atoms with Gasteiger partial charge in [-0.05, 0) is 54.1 Å². The first-order valence-electron chi connectivity index (χ1n) is 14.4. The zero-order valence-electron chi connectivity index (χ0n) is 23.5. The maximum Gasteiger partial charge on any atom is 0.160 e. The van der Waals surface area contributed by atoms with Crippen molar-refractivity contribution in [3.05, 3.63) is 145 Å². The molecule has 5 heteroatoms. The van der Waals surface area contributed by atoms with Crippen LogP contribution in [-0.4, -0.2) is 9.97 Å². The number of rotatable bonds is 5. The van der Waals surface area contributed by atoms with Gasteiger partial charge in [-0.2, -0.15) is 5.26 Å². The molecule has 0 aliphatic heterocycles. The second-order valence-electron chi connectivity index (χ2n) is 10.7. The fourth-order valence-corrected chi connectivity index (χ4v) is 6.88. The molecule has 2 heterocycles. The van der Waals surface area contributed by atoms with Crippen molar-refractivity contribution in [1.82, 2.24) is 9.97 Å². The molecule has 206 valence electrons. The number of aromatic nitrogens is 2. The number of benzene rings is 6. The maximum absolute atomic E-state index is 9.28. The topological polar surface area (TPSA) is 61.6 Å². The van der Waals surface area contributed by atoms with Crippen LogP contribution < -0.4 is 5.32 Å². The zero-order chi connectivity index (χ0) is 29.5. The van der Waals surface area contributed by atoms with E-state index in [1.807, 2.05) is 78.1 Å². The second-order valence-corrected chi connectivity index (χ2v) is 11.7. The van der Waals surface area contributed by atoms with Crippen LogP contribution in [0.5, 0.6) is 0 Å². The number of anilines is 2. The predicted molar refractivity (Wildman–Crippen MR) is 183 cm³/mol. The van der Waals surface area contributed by atoms with Crippen molar-refractivity contribution < 1.29 is 0 Å². The number of thiophene rings is 1. The summed E-state index contributed by atoms with van der Waals surface area (Å²) >= 11 is 1.83. The van der Waals surface area contributed by atoms with E-state index in [-0.39, 0.29) is 0 Å². The summed E-state index contributed by atoms with van der Waals surface area (Å²) in [5, 5.41) is 16.5. The van der Waals surface area contributed by atoms with Crippen molar-refractivity contribution in [3.63, 3.8) is 0 Å². The first kappa shape index (κ1) is 25.8. The highest BCUT2D eigenvalue weighted by Gasteiger charge is 2.15. The third-order valence-electron chi connectivity index (χ3n) is 7.89. The van der Waals surface area contributed by atoms with Crippen LogP contribution >= 0.6 is 11.3 Å². The highest BCUT2D eigenvalue weighted by Crippen LogP contribution is 2.41. The third kappa shape index (κ3) is 4.64. The van der Waals surface area contributed by atoms with Crippen molar-refractivity contribution in [2.24, 2.45) is 0 Å². The molecule has 0 aliphatic carbocycles. The van der Waals surface area contributed by atoms with Gasteiger partial charge in [0.1, 0.15) is 0 Å². The van der Waals surface area contributed by atoms with E-state index in [1.165, 1.54) is 20.2 Å². The molecule has 44 heavy (non-hydrogen) atoms. The number of nitrogens with zero attached hydrogens (tertiary/aromatic N) is 3. The van der Waals surface area contributed by atoms with E-state index in [0.717, 1.165) is 50.2 Å². The van der Waals surface area contributed by atoms with Gasteiger partial charge in [-0.25, -0.2) is 9.97 Å². The molecule has 0 amide bonds. The Morgan fingerprint density at radius 1 is 0.568 bits per heavy atom. The molecule has 0 bridgehead atoms. The summed E-state index contributed by atoms with van der Waals surface area (Å²) in [6.07, 6.45) is 0. The molecule has 8 aromatic rings.